The smallest absolute Gasteiger partial charge is 0.402 e. The van der Waals surface area contributed by atoms with Crippen LogP contribution in [0.15, 0.2) is 29.2 Å². The summed E-state index contributed by atoms with van der Waals surface area (Å²) < 4.78 is 129. The standard InChI is InChI=1S/C12H11F8NO4S/c13-10(14)25-6-2-1-3-7(4-6)26(23,24)21-8(5-22)9(11(15,16)17)12(18,19)20/h1-4,8-10,21-22H,5H2. The van der Waals surface area contributed by atoms with Gasteiger partial charge in [-0.2, -0.15) is 35.1 Å². The predicted octanol–water partition coefficient (Wildman–Crippen LogP) is 2.67. The predicted molar refractivity (Wildman–Crippen MR) is 69.9 cm³/mol. The number of hydrogen-bond donors (Lipinski definition) is 2. The van der Waals surface area contributed by atoms with Crippen molar-refractivity contribution >= 4 is 10.0 Å². The molecule has 0 amide bonds. The van der Waals surface area contributed by atoms with Crippen LogP contribution in [0.3, 0.4) is 0 Å². The van der Waals surface area contributed by atoms with Crippen LogP contribution >= 0.6 is 0 Å². The first kappa shape index (κ1) is 22.4. The number of ether oxygens (including phenoxy) is 1. The fourth-order valence-electron chi connectivity index (χ4n) is 1.94. The largest absolute Gasteiger partial charge is 0.435 e. The Morgan fingerprint density at radius 1 is 1.08 bits per heavy atom. The fourth-order valence-corrected chi connectivity index (χ4v) is 3.21. The van der Waals surface area contributed by atoms with Crippen LogP contribution in [0.4, 0.5) is 35.1 Å². The molecule has 1 aromatic rings. The zero-order chi connectivity index (χ0) is 20.3. The van der Waals surface area contributed by atoms with Crippen LogP contribution in [0.1, 0.15) is 0 Å². The maximum atomic E-state index is 12.7. The van der Waals surface area contributed by atoms with Gasteiger partial charge in [0, 0.05) is 6.07 Å². The number of sulfonamides is 1. The monoisotopic (exact) mass is 417 g/mol. The van der Waals surface area contributed by atoms with Crippen LogP contribution in [-0.4, -0.2) is 45.1 Å². The molecule has 0 bridgehead atoms. The third-order valence-corrected chi connectivity index (χ3v) is 4.44. The number of benzene rings is 1. The Hall–Kier alpha value is -1.67. The van der Waals surface area contributed by atoms with E-state index in [0.29, 0.717) is 6.07 Å². The highest BCUT2D eigenvalue weighted by Gasteiger charge is 2.60. The molecular weight excluding hydrogens is 406 g/mol. The lowest BCUT2D eigenvalue weighted by Gasteiger charge is -2.29. The summed E-state index contributed by atoms with van der Waals surface area (Å²) in [5, 5.41) is 8.86. The average Bonchev–Trinajstić information content (AvgIpc) is 2.42. The molecule has 0 saturated heterocycles. The lowest BCUT2D eigenvalue weighted by molar-refractivity contribution is -0.292. The van der Waals surface area contributed by atoms with E-state index in [4.69, 9.17) is 5.11 Å². The number of nitrogens with one attached hydrogen (secondary N) is 1. The van der Waals surface area contributed by atoms with Gasteiger partial charge in [0.05, 0.1) is 17.5 Å². The second kappa shape index (κ2) is 7.92. The van der Waals surface area contributed by atoms with E-state index in [1.807, 2.05) is 0 Å². The van der Waals surface area contributed by atoms with Gasteiger partial charge in [0.25, 0.3) is 0 Å². The van der Waals surface area contributed by atoms with E-state index < -0.39 is 58.2 Å². The zero-order valence-electron chi connectivity index (χ0n) is 12.4. The maximum absolute atomic E-state index is 12.7. The van der Waals surface area contributed by atoms with Gasteiger partial charge in [-0.25, -0.2) is 13.1 Å². The molecule has 2 N–H and O–H groups in total. The molecule has 0 aliphatic heterocycles. The lowest BCUT2D eigenvalue weighted by Crippen LogP contribution is -2.54. The van der Waals surface area contributed by atoms with Crippen molar-refractivity contribution in [3.8, 4) is 5.75 Å². The van der Waals surface area contributed by atoms with Crippen molar-refractivity contribution in [2.24, 2.45) is 5.92 Å². The summed E-state index contributed by atoms with van der Waals surface area (Å²) in [5.41, 5.74) is 0. The molecule has 1 rings (SSSR count). The number of halogens is 8. The molecule has 1 atom stereocenters. The van der Waals surface area contributed by atoms with E-state index in [9.17, 15) is 43.5 Å². The van der Waals surface area contributed by atoms with Crippen molar-refractivity contribution in [1.29, 1.82) is 0 Å². The minimum absolute atomic E-state index is 0.471. The van der Waals surface area contributed by atoms with E-state index in [2.05, 4.69) is 4.74 Å². The van der Waals surface area contributed by atoms with E-state index in [0.717, 1.165) is 22.9 Å². The van der Waals surface area contributed by atoms with Gasteiger partial charge in [-0.15, -0.1) is 0 Å². The van der Waals surface area contributed by atoms with Crippen molar-refractivity contribution in [1.82, 2.24) is 4.72 Å². The minimum Gasteiger partial charge on any atom is -0.435 e. The van der Waals surface area contributed by atoms with Crippen molar-refractivity contribution < 1.29 is 53.4 Å². The molecule has 0 radical (unpaired) electrons. The molecule has 0 aliphatic rings. The molecule has 1 unspecified atom stereocenters. The number of aliphatic hydroxyl groups excluding tert-OH is 1. The molecule has 1 aromatic carbocycles. The van der Waals surface area contributed by atoms with Crippen LogP contribution in [0.5, 0.6) is 5.75 Å². The van der Waals surface area contributed by atoms with Gasteiger partial charge in [0.2, 0.25) is 10.0 Å². The van der Waals surface area contributed by atoms with Crippen LogP contribution in [0.2, 0.25) is 0 Å². The summed E-state index contributed by atoms with van der Waals surface area (Å²) in [4.78, 5) is -0.933. The van der Waals surface area contributed by atoms with Gasteiger partial charge in [-0.1, -0.05) is 6.07 Å². The SMILES string of the molecule is O=S(=O)(NC(CO)C(C(F)(F)F)C(F)(F)F)c1cccc(OC(F)F)c1. The summed E-state index contributed by atoms with van der Waals surface area (Å²) in [6.07, 6.45) is -11.8. The molecule has 150 valence electrons. The molecule has 5 nitrogen and oxygen atoms in total. The van der Waals surface area contributed by atoms with E-state index in [1.54, 1.807) is 0 Å². The third kappa shape index (κ3) is 5.95. The second-order valence-corrected chi connectivity index (χ2v) is 6.54. The highest BCUT2D eigenvalue weighted by Crippen LogP contribution is 2.41. The van der Waals surface area contributed by atoms with Gasteiger partial charge < -0.3 is 9.84 Å². The van der Waals surface area contributed by atoms with Crippen LogP contribution in [-0.2, 0) is 10.0 Å². The Morgan fingerprint density at radius 2 is 1.62 bits per heavy atom. The Kier molecular flexibility index (Phi) is 6.81. The van der Waals surface area contributed by atoms with Gasteiger partial charge in [0.1, 0.15) is 5.75 Å². The van der Waals surface area contributed by atoms with Gasteiger partial charge in [-0.05, 0) is 12.1 Å². The molecule has 0 aromatic heterocycles. The normalized spacial score (nSPS) is 14.7. The topological polar surface area (TPSA) is 75.6 Å². The first-order chi connectivity index (χ1) is 11.7. The molecule has 0 heterocycles. The minimum atomic E-state index is -5.91. The second-order valence-electron chi connectivity index (χ2n) is 4.82. The number of rotatable bonds is 7. The molecule has 0 spiro atoms. The molecule has 0 aliphatic carbocycles. The Morgan fingerprint density at radius 3 is 2.04 bits per heavy atom. The lowest BCUT2D eigenvalue weighted by atomic mass is 10.00. The van der Waals surface area contributed by atoms with Gasteiger partial charge in [-0.3, -0.25) is 0 Å². The fraction of sp³-hybridized carbons (Fsp3) is 0.500. The van der Waals surface area contributed by atoms with Crippen molar-refractivity contribution in [3.63, 3.8) is 0 Å². The first-order valence-electron chi connectivity index (χ1n) is 6.50. The van der Waals surface area contributed by atoms with Crippen molar-refractivity contribution in [3.05, 3.63) is 24.3 Å². The van der Waals surface area contributed by atoms with Crippen molar-refractivity contribution in [2.75, 3.05) is 6.61 Å². The van der Waals surface area contributed by atoms with E-state index in [-0.39, 0.29) is 0 Å². The molecule has 0 fully saturated rings. The van der Waals surface area contributed by atoms with Crippen LogP contribution in [0, 0.1) is 5.92 Å². The summed E-state index contributed by atoms with van der Waals surface area (Å²) in [5.74, 6) is -4.87. The van der Waals surface area contributed by atoms with E-state index >= 15 is 0 Å². The third-order valence-electron chi connectivity index (χ3n) is 2.95. The van der Waals surface area contributed by atoms with Gasteiger partial charge in [0.15, 0.2) is 5.92 Å². The molecular formula is C12H11F8NO4S. The zero-order valence-corrected chi connectivity index (χ0v) is 13.2. The number of hydrogen-bond acceptors (Lipinski definition) is 4. The molecule has 26 heavy (non-hydrogen) atoms. The highest BCUT2D eigenvalue weighted by molar-refractivity contribution is 7.89. The van der Waals surface area contributed by atoms with Gasteiger partial charge >= 0.3 is 19.0 Å². The summed E-state index contributed by atoms with van der Waals surface area (Å²) in [7, 11) is -5.03. The number of aliphatic hydroxyl groups is 1. The van der Waals surface area contributed by atoms with Crippen LogP contribution < -0.4 is 9.46 Å². The summed E-state index contributed by atoms with van der Waals surface area (Å²) in [6.45, 7) is -5.16. The van der Waals surface area contributed by atoms with E-state index in [1.165, 1.54) is 0 Å². The highest BCUT2D eigenvalue weighted by atomic mass is 32.2. The Labute approximate surface area is 141 Å². The summed E-state index contributed by atoms with van der Waals surface area (Å²) >= 11 is 0. The molecule has 0 saturated carbocycles. The Bertz CT molecular complexity index is 690. The van der Waals surface area contributed by atoms with Crippen LogP contribution in [0.25, 0.3) is 0 Å². The van der Waals surface area contributed by atoms with Crippen molar-refractivity contribution in [2.45, 2.75) is 29.9 Å². The molecule has 14 heteroatoms. The number of alkyl halides is 8. The Balaban J connectivity index is 3.20. The summed E-state index contributed by atoms with van der Waals surface area (Å²) in [6, 6.07) is -0.0156. The maximum Gasteiger partial charge on any atom is 0.402 e. The quantitative estimate of drug-likeness (QED) is 0.669. The average molecular weight is 417 g/mol. The first-order valence-corrected chi connectivity index (χ1v) is 7.98.